The van der Waals surface area contributed by atoms with Crippen LogP contribution in [0.3, 0.4) is 0 Å². The van der Waals surface area contributed by atoms with Crippen molar-refractivity contribution in [2.75, 3.05) is 12.4 Å². The molecule has 0 unspecified atom stereocenters. The zero-order valence-electron chi connectivity index (χ0n) is 14.1. The summed E-state index contributed by atoms with van der Waals surface area (Å²) in [5, 5.41) is 13.3. The summed E-state index contributed by atoms with van der Waals surface area (Å²) in [6.45, 7) is 1.91. The number of aromatic nitrogens is 2. The van der Waals surface area contributed by atoms with Crippen LogP contribution in [0.1, 0.15) is 5.01 Å². The number of aryl methyl sites for hydroxylation is 1. The Morgan fingerprint density at radius 3 is 2.58 bits per heavy atom. The van der Waals surface area contributed by atoms with E-state index in [0.29, 0.717) is 22.5 Å². The fourth-order valence-corrected chi connectivity index (χ4v) is 3.20. The Labute approximate surface area is 153 Å². The van der Waals surface area contributed by atoms with Crippen molar-refractivity contribution >= 4 is 33.1 Å². The van der Waals surface area contributed by atoms with Gasteiger partial charge in [0.25, 0.3) is 0 Å². The molecule has 0 saturated heterocycles. The molecule has 130 valence electrons. The van der Waals surface area contributed by atoms with E-state index in [4.69, 9.17) is 9.15 Å². The van der Waals surface area contributed by atoms with Crippen LogP contribution in [0, 0.1) is 6.92 Å². The highest BCUT2D eigenvalue weighted by Gasteiger charge is 2.09. The van der Waals surface area contributed by atoms with Crippen LogP contribution in [0.5, 0.6) is 5.75 Å². The fraction of sp³-hybridized carbons (Fsp3) is 0.105. The molecular formula is C19H15N3O3S. The minimum Gasteiger partial charge on any atom is -0.497 e. The van der Waals surface area contributed by atoms with Crippen LogP contribution in [0.4, 0.5) is 10.8 Å². The van der Waals surface area contributed by atoms with Crippen LogP contribution in [0.15, 0.2) is 57.7 Å². The van der Waals surface area contributed by atoms with Crippen molar-refractivity contribution in [2.24, 2.45) is 0 Å². The number of fused-ring (bicyclic) bond motifs is 1. The van der Waals surface area contributed by atoms with Gasteiger partial charge in [0.1, 0.15) is 22.1 Å². The van der Waals surface area contributed by atoms with Gasteiger partial charge in [0.05, 0.1) is 12.5 Å². The zero-order chi connectivity index (χ0) is 18.1. The first kappa shape index (κ1) is 16.3. The molecule has 1 N–H and O–H groups in total. The maximum Gasteiger partial charge on any atom is 0.210 e. The molecule has 2 aromatic carbocycles. The van der Waals surface area contributed by atoms with E-state index < -0.39 is 0 Å². The minimum absolute atomic E-state index is 0.105. The standard InChI is InChI=1S/C19H15N3O3S/c1-11-21-22-19(26-11)20-13-5-3-12(4-6-13)18-10-16(23)15-9-14(24-2)7-8-17(15)25-18/h3-10H,1-2H3,(H,20,22). The van der Waals surface area contributed by atoms with Gasteiger partial charge >= 0.3 is 0 Å². The molecule has 0 amide bonds. The summed E-state index contributed by atoms with van der Waals surface area (Å²) in [5.41, 5.74) is 2.13. The molecule has 6 nitrogen and oxygen atoms in total. The lowest BCUT2D eigenvalue weighted by Gasteiger charge is -2.06. The van der Waals surface area contributed by atoms with E-state index in [1.54, 1.807) is 25.3 Å². The highest BCUT2D eigenvalue weighted by molar-refractivity contribution is 7.15. The third kappa shape index (κ3) is 3.16. The molecule has 0 aliphatic heterocycles. The quantitative estimate of drug-likeness (QED) is 0.578. The van der Waals surface area contributed by atoms with E-state index >= 15 is 0 Å². The number of rotatable bonds is 4. The predicted octanol–water partition coefficient (Wildman–Crippen LogP) is 4.37. The van der Waals surface area contributed by atoms with Crippen molar-refractivity contribution in [3.05, 3.63) is 63.8 Å². The van der Waals surface area contributed by atoms with Gasteiger partial charge in [0.2, 0.25) is 5.13 Å². The summed E-state index contributed by atoms with van der Waals surface area (Å²) in [6, 6.07) is 14.3. The van der Waals surface area contributed by atoms with Gasteiger partial charge in [-0.3, -0.25) is 4.79 Å². The van der Waals surface area contributed by atoms with E-state index in [2.05, 4.69) is 15.5 Å². The normalized spacial score (nSPS) is 10.8. The number of anilines is 2. The highest BCUT2D eigenvalue weighted by atomic mass is 32.1. The number of hydrogen-bond acceptors (Lipinski definition) is 7. The summed E-state index contributed by atoms with van der Waals surface area (Å²) in [5.74, 6) is 1.14. The molecule has 4 aromatic rings. The Morgan fingerprint density at radius 1 is 1.08 bits per heavy atom. The van der Waals surface area contributed by atoms with Gasteiger partial charge in [-0.05, 0) is 49.4 Å². The van der Waals surface area contributed by atoms with E-state index in [0.717, 1.165) is 21.4 Å². The van der Waals surface area contributed by atoms with Crippen molar-refractivity contribution in [1.82, 2.24) is 10.2 Å². The van der Waals surface area contributed by atoms with Gasteiger partial charge in [0, 0.05) is 17.3 Å². The number of methoxy groups -OCH3 is 1. The summed E-state index contributed by atoms with van der Waals surface area (Å²) in [7, 11) is 1.57. The fourth-order valence-electron chi connectivity index (χ4n) is 2.59. The molecule has 0 saturated carbocycles. The lowest BCUT2D eigenvalue weighted by Crippen LogP contribution is -2.00. The molecule has 0 aliphatic rings. The largest absolute Gasteiger partial charge is 0.497 e. The summed E-state index contributed by atoms with van der Waals surface area (Å²) in [4.78, 5) is 12.4. The van der Waals surface area contributed by atoms with Gasteiger partial charge in [-0.2, -0.15) is 0 Å². The van der Waals surface area contributed by atoms with Crippen LogP contribution in [0.25, 0.3) is 22.3 Å². The topological polar surface area (TPSA) is 77.2 Å². The van der Waals surface area contributed by atoms with Crippen LogP contribution in [0.2, 0.25) is 0 Å². The number of benzene rings is 2. The van der Waals surface area contributed by atoms with Crippen LogP contribution in [-0.2, 0) is 0 Å². The highest BCUT2D eigenvalue weighted by Crippen LogP contribution is 2.27. The van der Waals surface area contributed by atoms with Gasteiger partial charge in [-0.25, -0.2) is 0 Å². The van der Waals surface area contributed by atoms with Crippen molar-refractivity contribution in [3.8, 4) is 17.1 Å². The Kier molecular flexibility index (Phi) is 4.14. The van der Waals surface area contributed by atoms with Gasteiger partial charge in [-0.1, -0.05) is 11.3 Å². The molecule has 2 heterocycles. The molecule has 26 heavy (non-hydrogen) atoms. The second-order valence-electron chi connectivity index (χ2n) is 5.67. The SMILES string of the molecule is COc1ccc2oc(-c3ccc(Nc4nnc(C)s4)cc3)cc(=O)c2c1. The predicted molar refractivity (Wildman–Crippen MR) is 102 cm³/mol. The molecule has 0 spiro atoms. The Morgan fingerprint density at radius 2 is 1.88 bits per heavy atom. The summed E-state index contributed by atoms with van der Waals surface area (Å²) in [6.07, 6.45) is 0. The average molecular weight is 365 g/mol. The van der Waals surface area contributed by atoms with Gasteiger partial charge in [0.15, 0.2) is 5.43 Å². The first-order valence-corrected chi connectivity index (χ1v) is 8.73. The summed E-state index contributed by atoms with van der Waals surface area (Å²) < 4.78 is 11.1. The van der Waals surface area contributed by atoms with Gasteiger partial charge in [-0.15, -0.1) is 10.2 Å². The molecule has 7 heteroatoms. The first-order valence-electron chi connectivity index (χ1n) is 7.92. The molecule has 0 bridgehead atoms. The lowest BCUT2D eigenvalue weighted by atomic mass is 10.1. The van der Waals surface area contributed by atoms with Crippen molar-refractivity contribution < 1.29 is 9.15 Å². The minimum atomic E-state index is -0.105. The second kappa shape index (κ2) is 6.61. The number of nitrogens with zero attached hydrogens (tertiary/aromatic N) is 2. The first-order chi connectivity index (χ1) is 12.6. The smallest absolute Gasteiger partial charge is 0.210 e. The van der Waals surface area contributed by atoms with E-state index in [1.165, 1.54) is 17.4 Å². The molecule has 0 atom stereocenters. The number of nitrogens with one attached hydrogen (secondary N) is 1. The lowest BCUT2D eigenvalue weighted by molar-refractivity contribution is 0.415. The Balaban J connectivity index is 1.65. The third-order valence-electron chi connectivity index (χ3n) is 3.88. The van der Waals surface area contributed by atoms with Crippen molar-refractivity contribution in [3.63, 3.8) is 0 Å². The molecule has 0 aliphatic carbocycles. The van der Waals surface area contributed by atoms with Crippen molar-refractivity contribution in [1.29, 1.82) is 0 Å². The monoisotopic (exact) mass is 365 g/mol. The molecule has 0 radical (unpaired) electrons. The average Bonchev–Trinajstić information content (AvgIpc) is 3.06. The zero-order valence-corrected chi connectivity index (χ0v) is 15.0. The molecule has 2 aromatic heterocycles. The van der Waals surface area contributed by atoms with Crippen LogP contribution < -0.4 is 15.5 Å². The maximum absolute atomic E-state index is 12.4. The third-order valence-corrected chi connectivity index (χ3v) is 4.64. The van der Waals surface area contributed by atoms with E-state index in [-0.39, 0.29) is 5.43 Å². The van der Waals surface area contributed by atoms with Crippen LogP contribution in [-0.4, -0.2) is 17.3 Å². The second-order valence-corrected chi connectivity index (χ2v) is 6.85. The van der Waals surface area contributed by atoms with Gasteiger partial charge < -0.3 is 14.5 Å². The van der Waals surface area contributed by atoms with Crippen molar-refractivity contribution in [2.45, 2.75) is 6.92 Å². The van der Waals surface area contributed by atoms with E-state index in [9.17, 15) is 4.79 Å². The molecule has 0 fully saturated rings. The Bertz CT molecular complexity index is 1130. The maximum atomic E-state index is 12.4. The van der Waals surface area contributed by atoms with E-state index in [1.807, 2.05) is 31.2 Å². The summed E-state index contributed by atoms with van der Waals surface area (Å²) >= 11 is 1.49. The molecule has 4 rings (SSSR count). The number of hydrogen-bond donors (Lipinski definition) is 1. The number of ether oxygens (including phenoxy) is 1. The Hall–Kier alpha value is -3.19. The van der Waals surface area contributed by atoms with Crippen LogP contribution >= 0.6 is 11.3 Å². The molecular weight excluding hydrogens is 350 g/mol.